The Morgan fingerprint density at radius 2 is 2.04 bits per heavy atom. The molecule has 0 bridgehead atoms. The van der Waals surface area contributed by atoms with Crippen LogP contribution in [-0.2, 0) is 9.47 Å². The number of allylic oxidation sites excluding steroid dienone is 1. The maximum absolute atomic E-state index is 5.84. The van der Waals surface area contributed by atoms with Crippen LogP contribution in [0.2, 0.25) is 0 Å². The van der Waals surface area contributed by atoms with Gasteiger partial charge in [0.05, 0.1) is 25.0 Å². The maximum Gasteiger partial charge on any atom is 0.168 e. The Kier molecular flexibility index (Phi) is 3.29. The van der Waals surface area contributed by atoms with Gasteiger partial charge in [-0.1, -0.05) is 5.10 Å². The molecule has 1 saturated carbocycles. The molecule has 4 heterocycles. The molecule has 0 atom stereocenters. The second kappa shape index (κ2) is 5.51. The van der Waals surface area contributed by atoms with Crippen LogP contribution < -0.4 is 5.43 Å². The molecule has 1 aliphatic carbocycles. The van der Waals surface area contributed by atoms with Crippen LogP contribution in [0.4, 0.5) is 0 Å². The molecule has 0 radical (unpaired) electrons. The van der Waals surface area contributed by atoms with Crippen molar-refractivity contribution in [1.82, 2.24) is 9.97 Å². The molecule has 24 heavy (non-hydrogen) atoms. The van der Waals surface area contributed by atoms with Crippen LogP contribution in [0.25, 0.3) is 16.6 Å². The number of nitrogens with one attached hydrogen (secondary N) is 1. The van der Waals surface area contributed by atoms with Crippen LogP contribution in [0.5, 0.6) is 0 Å². The van der Waals surface area contributed by atoms with Crippen LogP contribution in [-0.4, -0.2) is 35.2 Å². The predicted molar refractivity (Wildman–Crippen MR) is 90.3 cm³/mol. The first-order valence-electron chi connectivity index (χ1n) is 8.65. The molecular formula is C18H21N4O2+. The zero-order chi connectivity index (χ0) is 16.0. The third-order valence-electron chi connectivity index (χ3n) is 5.45. The Bertz CT molecular complexity index is 823. The lowest BCUT2D eigenvalue weighted by molar-refractivity contribution is -0.589. The lowest BCUT2D eigenvalue weighted by Gasteiger charge is -2.35. The molecule has 2 aliphatic heterocycles. The SMILES string of the molecule is C1=N[NH2+]C=C1c1c[nH]c2ncc(C3CCC4(CC3)OCCO4)cc12. The molecule has 124 valence electrons. The number of ether oxygens (including phenoxy) is 2. The number of fused-ring (bicyclic) bond motifs is 1. The van der Waals surface area contributed by atoms with Crippen molar-refractivity contribution in [1.29, 1.82) is 0 Å². The van der Waals surface area contributed by atoms with Gasteiger partial charge in [0, 0.05) is 36.2 Å². The minimum absolute atomic E-state index is 0.297. The molecule has 6 nitrogen and oxygen atoms in total. The van der Waals surface area contributed by atoms with E-state index < -0.39 is 0 Å². The first-order valence-corrected chi connectivity index (χ1v) is 8.65. The fraction of sp³-hybridized carbons (Fsp3) is 0.444. The first kappa shape index (κ1) is 14.3. The number of pyridine rings is 1. The van der Waals surface area contributed by atoms with Gasteiger partial charge in [-0.2, -0.15) is 5.43 Å². The average Bonchev–Trinajstić information content (AvgIpc) is 3.35. The summed E-state index contributed by atoms with van der Waals surface area (Å²) in [5.74, 6) is 0.231. The lowest BCUT2D eigenvalue weighted by atomic mass is 9.81. The van der Waals surface area contributed by atoms with Gasteiger partial charge in [-0.25, -0.2) is 4.98 Å². The standard InChI is InChI=1S/C18H20N4O2/c1-3-18(23-5-6-24-18)4-2-12(1)13-7-15-16(14-9-21-22-10-14)11-20-17(15)19-8-13/h7-12H,1-6H2,(H,19,20)(H,21,22)/p+1. The van der Waals surface area contributed by atoms with Gasteiger partial charge in [0.2, 0.25) is 0 Å². The number of nitrogens with zero attached hydrogens (tertiary/aromatic N) is 2. The quantitative estimate of drug-likeness (QED) is 0.828. The number of aromatic amines is 1. The van der Waals surface area contributed by atoms with Crippen LogP contribution in [0.1, 0.15) is 42.7 Å². The highest BCUT2D eigenvalue weighted by atomic mass is 16.7. The second-order valence-electron chi connectivity index (χ2n) is 6.80. The van der Waals surface area contributed by atoms with Crippen molar-refractivity contribution in [2.45, 2.75) is 37.4 Å². The molecule has 0 unspecified atom stereocenters. The average molecular weight is 325 g/mol. The molecule has 0 amide bonds. The molecule has 2 fully saturated rings. The normalized spacial score (nSPS) is 23.4. The van der Waals surface area contributed by atoms with Gasteiger partial charge in [0.15, 0.2) is 5.79 Å². The Morgan fingerprint density at radius 1 is 1.21 bits per heavy atom. The summed E-state index contributed by atoms with van der Waals surface area (Å²) in [5, 5.41) is 5.35. The molecule has 2 aromatic heterocycles. The van der Waals surface area contributed by atoms with Crippen molar-refractivity contribution >= 4 is 22.8 Å². The fourth-order valence-electron chi connectivity index (χ4n) is 4.11. The molecule has 2 aromatic rings. The van der Waals surface area contributed by atoms with Crippen molar-refractivity contribution in [2.75, 3.05) is 13.2 Å². The van der Waals surface area contributed by atoms with Crippen LogP contribution >= 0.6 is 0 Å². The van der Waals surface area contributed by atoms with Crippen LogP contribution in [0.15, 0.2) is 29.8 Å². The van der Waals surface area contributed by atoms with Crippen LogP contribution in [0, 0.1) is 0 Å². The topological polar surface area (TPSA) is 76.1 Å². The number of hydrogen-bond acceptors (Lipinski definition) is 4. The Hall–Kier alpha value is -2.02. The molecular weight excluding hydrogens is 304 g/mol. The molecule has 1 saturated heterocycles. The molecule has 1 spiro atoms. The van der Waals surface area contributed by atoms with E-state index in [1.165, 1.54) is 16.5 Å². The highest BCUT2D eigenvalue weighted by Crippen LogP contribution is 2.42. The number of nitrogens with two attached hydrogens (primary N) is 1. The zero-order valence-corrected chi connectivity index (χ0v) is 13.5. The number of hydrogen-bond donors (Lipinski definition) is 2. The minimum Gasteiger partial charge on any atom is -0.348 e. The van der Waals surface area contributed by atoms with E-state index in [0.29, 0.717) is 5.92 Å². The summed E-state index contributed by atoms with van der Waals surface area (Å²) in [6.07, 6.45) is 12.1. The van der Waals surface area contributed by atoms with Crippen molar-refractivity contribution in [3.63, 3.8) is 0 Å². The van der Waals surface area contributed by atoms with Gasteiger partial charge in [-0.3, -0.25) is 0 Å². The second-order valence-corrected chi connectivity index (χ2v) is 6.80. The van der Waals surface area contributed by atoms with Gasteiger partial charge in [0.1, 0.15) is 11.8 Å². The summed E-state index contributed by atoms with van der Waals surface area (Å²) >= 11 is 0. The molecule has 3 aliphatic rings. The van der Waals surface area contributed by atoms with E-state index in [2.05, 4.69) is 21.1 Å². The summed E-state index contributed by atoms with van der Waals surface area (Å²) in [4.78, 5) is 7.90. The summed E-state index contributed by atoms with van der Waals surface area (Å²) in [6.45, 7) is 1.47. The highest BCUT2D eigenvalue weighted by Gasteiger charge is 2.40. The smallest absolute Gasteiger partial charge is 0.168 e. The van der Waals surface area contributed by atoms with Crippen molar-refractivity contribution < 1.29 is 14.9 Å². The van der Waals surface area contributed by atoms with Crippen molar-refractivity contribution in [3.05, 3.63) is 35.8 Å². The number of rotatable bonds is 2. The Morgan fingerprint density at radius 3 is 2.79 bits per heavy atom. The lowest BCUT2D eigenvalue weighted by Crippen LogP contribution is -2.69. The largest absolute Gasteiger partial charge is 0.348 e. The molecule has 6 heteroatoms. The van der Waals surface area contributed by atoms with Gasteiger partial charge >= 0.3 is 0 Å². The van der Waals surface area contributed by atoms with E-state index >= 15 is 0 Å². The van der Waals surface area contributed by atoms with Gasteiger partial charge in [-0.05, 0) is 30.4 Å². The molecule has 3 N–H and O–H groups in total. The van der Waals surface area contributed by atoms with E-state index in [1.54, 1.807) is 0 Å². The van der Waals surface area contributed by atoms with Crippen molar-refractivity contribution in [3.8, 4) is 0 Å². The summed E-state index contributed by atoms with van der Waals surface area (Å²) in [6, 6.07) is 2.29. The van der Waals surface area contributed by atoms with E-state index in [-0.39, 0.29) is 5.79 Å². The summed E-state index contributed by atoms with van der Waals surface area (Å²) < 4.78 is 11.7. The van der Waals surface area contributed by atoms with E-state index in [1.807, 2.05) is 30.2 Å². The number of quaternary nitrogens is 1. The van der Waals surface area contributed by atoms with Gasteiger partial charge < -0.3 is 14.5 Å². The summed E-state index contributed by atoms with van der Waals surface area (Å²) in [5.41, 5.74) is 6.38. The number of H-pyrrole nitrogens is 1. The monoisotopic (exact) mass is 325 g/mol. The van der Waals surface area contributed by atoms with Crippen molar-refractivity contribution in [2.24, 2.45) is 5.10 Å². The third kappa shape index (κ3) is 2.30. The van der Waals surface area contributed by atoms with Gasteiger partial charge in [0.25, 0.3) is 0 Å². The Labute approximate surface area is 139 Å². The fourth-order valence-corrected chi connectivity index (χ4v) is 4.11. The maximum atomic E-state index is 5.84. The van der Waals surface area contributed by atoms with E-state index in [0.717, 1.165) is 50.1 Å². The van der Waals surface area contributed by atoms with Gasteiger partial charge in [-0.15, -0.1) is 0 Å². The van der Waals surface area contributed by atoms with Crippen LogP contribution in [0.3, 0.4) is 0 Å². The Balaban J connectivity index is 1.43. The molecule has 5 rings (SSSR count). The van der Waals surface area contributed by atoms with E-state index in [9.17, 15) is 0 Å². The number of aromatic nitrogens is 2. The molecule has 0 aromatic carbocycles. The first-order chi connectivity index (χ1) is 11.8. The zero-order valence-electron chi connectivity index (χ0n) is 13.5. The predicted octanol–water partition coefficient (Wildman–Crippen LogP) is 1.87. The van der Waals surface area contributed by atoms with E-state index in [4.69, 9.17) is 9.47 Å². The third-order valence-corrected chi connectivity index (χ3v) is 5.45. The summed E-state index contributed by atoms with van der Waals surface area (Å²) in [7, 11) is 0. The minimum atomic E-state index is -0.297. The highest BCUT2D eigenvalue weighted by molar-refractivity contribution is 6.14.